The van der Waals surface area contributed by atoms with Crippen LogP contribution in [0, 0.1) is 0 Å². The third kappa shape index (κ3) is 1.84. The van der Waals surface area contributed by atoms with Crippen LogP contribution in [0.25, 0.3) is 22.0 Å². The summed E-state index contributed by atoms with van der Waals surface area (Å²) in [5.41, 5.74) is 7.73. The van der Waals surface area contributed by atoms with Gasteiger partial charge in [0.05, 0.1) is 0 Å². The van der Waals surface area contributed by atoms with Gasteiger partial charge in [-0.1, -0.05) is 52.3 Å². The van der Waals surface area contributed by atoms with Crippen molar-refractivity contribution >= 4 is 32.5 Å². The maximum absolute atomic E-state index is 5.85. The second kappa shape index (κ2) is 4.38. The zero-order chi connectivity index (χ0) is 12.5. The standard InChI is InChI=1S/C14H10BrN3/c15-10-7-5-9(6-8-10)13-11-3-1-2-4-12(11)14(16)18-17-13/h1-8H,(H2,16,18). The molecular weight excluding hydrogens is 290 g/mol. The van der Waals surface area contributed by atoms with Crippen LogP contribution >= 0.6 is 15.9 Å². The number of hydrogen-bond donors (Lipinski definition) is 1. The number of halogens is 1. The van der Waals surface area contributed by atoms with E-state index < -0.39 is 0 Å². The van der Waals surface area contributed by atoms with Gasteiger partial charge in [0.2, 0.25) is 0 Å². The molecule has 3 nitrogen and oxygen atoms in total. The maximum Gasteiger partial charge on any atom is 0.154 e. The van der Waals surface area contributed by atoms with Crippen LogP contribution in [-0.2, 0) is 0 Å². The molecule has 0 spiro atoms. The molecule has 0 amide bonds. The fraction of sp³-hybridized carbons (Fsp3) is 0. The van der Waals surface area contributed by atoms with Gasteiger partial charge in [0.1, 0.15) is 5.69 Å². The number of nitrogens with two attached hydrogens (primary N) is 1. The van der Waals surface area contributed by atoms with Crippen molar-refractivity contribution in [3.05, 3.63) is 53.0 Å². The summed E-state index contributed by atoms with van der Waals surface area (Å²) in [5.74, 6) is 0.464. The van der Waals surface area contributed by atoms with Gasteiger partial charge < -0.3 is 5.73 Å². The molecule has 4 heteroatoms. The summed E-state index contributed by atoms with van der Waals surface area (Å²) >= 11 is 3.42. The summed E-state index contributed by atoms with van der Waals surface area (Å²) in [7, 11) is 0. The molecule has 0 fully saturated rings. The fourth-order valence-electron chi connectivity index (χ4n) is 1.95. The van der Waals surface area contributed by atoms with Crippen molar-refractivity contribution in [1.82, 2.24) is 10.2 Å². The molecule has 0 aliphatic heterocycles. The van der Waals surface area contributed by atoms with Crippen LogP contribution in [0.4, 0.5) is 5.82 Å². The Morgan fingerprint density at radius 1 is 0.833 bits per heavy atom. The lowest BCUT2D eigenvalue weighted by molar-refractivity contribution is 1.07. The normalized spacial score (nSPS) is 10.7. The van der Waals surface area contributed by atoms with Gasteiger partial charge in [0, 0.05) is 20.8 Å². The molecule has 3 rings (SSSR count). The van der Waals surface area contributed by atoms with E-state index in [0.717, 1.165) is 26.5 Å². The van der Waals surface area contributed by atoms with Gasteiger partial charge in [-0.3, -0.25) is 0 Å². The van der Waals surface area contributed by atoms with E-state index in [1.807, 2.05) is 48.5 Å². The molecule has 1 aromatic heterocycles. The Hall–Kier alpha value is -1.94. The van der Waals surface area contributed by atoms with E-state index in [-0.39, 0.29) is 0 Å². The van der Waals surface area contributed by atoms with Crippen LogP contribution < -0.4 is 5.73 Å². The molecule has 0 atom stereocenters. The zero-order valence-electron chi connectivity index (χ0n) is 9.47. The number of anilines is 1. The molecule has 0 radical (unpaired) electrons. The Labute approximate surface area is 113 Å². The van der Waals surface area contributed by atoms with Crippen LogP contribution in [0.2, 0.25) is 0 Å². The van der Waals surface area contributed by atoms with Gasteiger partial charge in [-0.15, -0.1) is 10.2 Å². The topological polar surface area (TPSA) is 51.8 Å². The number of nitrogen functional groups attached to an aromatic ring is 1. The third-order valence-electron chi connectivity index (χ3n) is 2.83. The smallest absolute Gasteiger partial charge is 0.154 e. The Morgan fingerprint density at radius 2 is 1.50 bits per heavy atom. The molecule has 2 aromatic carbocycles. The second-order valence-corrected chi connectivity index (χ2v) is 4.90. The van der Waals surface area contributed by atoms with Crippen molar-refractivity contribution < 1.29 is 0 Å². The third-order valence-corrected chi connectivity index (χ3v) is 3.36. The molecule has 1 heterocycles. The minimum absolute atomic E-state index is 0.464. The average molecular weight is 300 g/mol. The number of nitrogens with zero attached hydrogens (tertiary/aromatic N) is 2. The van der Waals surface area contributed by atoms with Gasteiger partial charge in [0.15, 0.2) is 5.82 Å². The predicted octanol–water partition coefficient (Wildman–Crippen LogP) is 3.64. The summed E-state index contributed by atoms with van der Waals surface area (Å²) in [6.07, 6.45) is 0. The Morgan fingerprint density at radius 3 is 2.22 bits per heavy atom. The highest BCUT2D eigenvalue weighted by molar-refractivity contribution is 9.10. The van der Waals surface area contributed by atoms with E-state index in [9.17, 15) is 0 Å². The molecule has 2 N–H and O–H groups in total. The molecule has 18 heavy (non-hydrogen) atoms. The first-order chi connectivity index (χ1) is 8.75. The fourth-order valence-corrected chi connectivity index (χ4v) is 2.21. The van der Waals surface area contributed by atoms with Crippen molar-refractivity contribution in [2.24, 2.45) is 0 Å². The molecule has 3 aromatic rings. The van der Waals surface area contributed by atoms with E-state index in [2.05, 4.69) is 26.1 Å². The van der Waals surface area contributed by atoms with Gasteiger partial charge in [0.25, 0.3) is 0 Å². The number of rotatable bonds is 1. The highest BCUT2D eigenvalue weighted by atomic mass is 79.9. The van der Waals surface area contributed by atoms with Crippen LogP contribution in [0.5, 0.6) is 0 Å². The van der Waals surface area contributed by atoms with Crippen LogP contribution in [0.1, 0.15) is 0 Å². The highest BCUT2D eigenvalue weighted by Gasteiger charge is 2.08. The minimum atomic E-state index is 0.464. The van der Waals surface area contributed by atoms with Crippen molar-refractivity contribution in [2.45, 2.75) is 0 Å². The Kier molecular flexibility index (Phi) is 2.72. The van der Waals surface area contributed by atoms with E-state index in [1.165, 1.54) is 0 Å². The number of hydrogen-bond acceptors (Lipinski definition) is 3. The number of benzene rings is 2. The lowest BCUT2D eigenvalue weighted by Crippen LogP contribution is -1.97. The Bertz CT molecular complexity index is 708. The summed E-state index contributed by atoms with van der Waals surface area (Å²) in [5, 5.41) is 10.2. The number of fused-ring (bicyclic) bond motifs is 1. The summed E-state index contributed by atoms with van der Waals surface area (Å²) in [6, 6.07) is 15.9. The van der Waals surface area contributed by atoms with E-state index in [4.69, 9.17) is 5.73 Å². The SMILES string of the molecule is Nc1nnc(-c2ccc(Br)cc2)c2ccccc12. The molecule has 0 saturated heterocycles. The first-order valence-electron chi connectivity index (χ1n) is 5.52. The van der Waals surface area contributed by atoms with Gasteiger partial charge in [-0.2, -0.15) is 0 Å². The lowest BCUT2D eigenvalue weighted by Gasteiger charge is -2.06. The predicted molar refractivity (Wildman–Crippen MR) is 77.1 cm³/mol. The van der Waals surface area contributed by atoms with Crippen molar-refractivity contribution in [1.29, 1.82) is 0 Å². The maximum atomic E-state index is 5.85. The van der Waals surface area contributed by atoms with Crippen LogP contribution in [0.15, 0.2) is 53.0 Å². The monoisotopic (exact) mass is 299 g/mol. The van der Waals surface area contributed by atoms with E-state index in [1.54, 1.807) is 0 Å². The molecule has 0 unspecified atom stereocenters. The molecule has 0 aliphatic carbocycles. The van der Waals surface area contributed by atoms with E-state index >= 15 is 0 Å². The van der Waals surface area contributed by atoms with Gasteiger partial charge >= 0.3 is 0 Å². The number of aromatic nitrogens is 2. The molecule has 0 bridgehead atoms. The van der Waals surface area contributed by atoms with Gasteiger partial charge in [-0.25, -0.2) is 0 Å². The first-order valence-corrected chi connectivity index (χ1v) is 6.32. The van der Waals surface area contributed by atoms with Crippen LogP contribution in [-0.4, -0.2) is 10.2 Å². The zero-order valence-corrected chi connectivity index (χ0v) is 11.1. The second-order valence-electron chi connectivity index (χ2n) is 3.99. The summed E-state index contributed by atoms with van der Waals surface area (Å²) in [6.45, 7) is 0. The van der Waals surface area contributed by atoms with Crippen LogP contribution in [0.3, 0.4) is 0 Å². The summed E-state index contributed by atoms with van der Waals surface area (Å²) < 4.78 is 1.04. The van der Waals surface area contributed by atoms with E-state index in [0.29, 0.717) is 5.82 Å². The quantitative estimate of drug-likeness (QED) is 0.746. The lowest BCUT2D eigenvalue weighted by atomic mass is 10.1. The summed E-state index contributed by atoms with van der Waals surface area (Å²) in [4.78, 5) is 0. The molecule has 0 saturated carbocycles. The van der Waals surface area contributed by atoms with Gasteiger partial charge in [-0.05, 0) is 12.1 Å². The van der Waals surface area contributed by atoms with Crippen molar-refractivity contribution in [2.75, 3.05) is 5.73 Å². The largest absolute Gasteiger partial charge is 0.382 e. The first kappa shape index (κ1) is 11.2. The molecular formula is C14H10BrN3. The average Bonchev–Trinajstić information content (AvgIpc) is 2.41. The van der Waals surface area contributed by atoms with Crippen molar-refractivity contribution in [3.8, 4) is 11.3 Å². The van der Waals surface area contributed by atoms with Crippen molar-refractivity contribution in [3.63, 3.8) is 0 Å². The molecule has 0 aliphatic rings. The Balaban J connectivity index is 2.30. The minimum Gasteiger partial charge on any atom is -0.382 e. The highest BCUT2D eigenvalue weighted by Crippen LogP contribution is 2.28. The molecule has 88 valence electrons.